The number of likely N-dealkylation sites (N-methyl/N-ethyl adjacent to an activating group) is 1. The van der Waals surface area contributed by atoms with Crippen molar-refractivity contribution in [3.63, 3.8) is 0 Å². The Bertz CT molecular complexity index is 755. The zero-order valence-corrected chi connectivity index (χ0v) is 14.9. The predicted octanol–water partition coefficient (Wildman–Crippen LogP) is 4.45. The smallest absolute Gasteiger partial charge is 0.231 e. The number of anilines is 1. The van der Waals surface area contributed by atoms with Crippen LogP contribution in [0.25, 0.3) is 10.4 Å². The van der Waals surface area contributed by atoms with E-state index >= 15 is 0 Å². The number of amides is 1. The molecule has 2 aromatic carbocycles. The van der Waals surface area contributed by atoms with Crippen molar-refractivity contribution in [1.82, 2.24) is 0 Å². The summed E-state index contributed by atoms with van der Waals surface area (Å²) >= 11 is 2.18. The molecule has 2 rings (SSSR count). The van der Waals surface area contributed by atoms with Crippen LogP contribution in [0.5, 0.6) is 5.75 Å². The largest absolute Gasteiger partial charge is 0.495 e. The Labute approximate surface area is 147 Å². The molecule has 7 heteroatoms. The van der Waals surface area contributed by atoms with Crippen molar-refractivity contribution in [3.05, 3.63) is 62.0 Å². The average Bonchev–Trinajstić information content (AvgIpc) is 2.56. The van der Waals surface area contributed by atoms with Gasteiger partial charge in [-0.2, -0.15) is 0 Å². The number of halogens is 1. The molecule has 23 heavy (non-hydrogen) atoms. The Balaban J connectivity index is 2.19. The van der Waals surface area contributed by atoms with Crippen LogP contribution in [0.2, 0.25) is 0 Å². The molecule has 0 atom stereocenters. The van der Waals surface area contributed by atoms with Crippen molar-refractivity contribution in [2.24, 2.45) is 5.11 Å². The highest BCUT2D eigenvalue weighted by molar-refractivity contribution is 14.1. The summed E-state index contributed by atoms with van der Waals surface area (Å²) in [6.07, 6.45) is 0.251. The Morgan fingerprint density at radius 1 is 1.30 bits per heavy atom. The topological polar surface area (TPSA) is 78.3 Å². The van der Waals surface area contributed by atoms with Crippen LogP contribution < -0.4 is 9.64 Å². The van der Waals surface area contributed by atoms with Crippen molar-refractivity contribution < 1.29 is 9.53 Å². The molecule has 0 unspecified atom stereocenters. The summed E-state index contributed by atoms with van der Waals surface area (Å²) in [7, 11) is 3.32. The minimum Gasteiger partial charge on any atom is -0.495 e. The van der Waals surface area contributed by atoms with Gasteiger partial charge in [-0.1, -0.05) is 35.4 Å². The first-order valence-electron chi connectivity index (χ1n) is 6.80. The van der Waals surface area contributed by atoms with Gasteiger partial charge in [-0.15, -0.1) is 0 Å². The average molecular weight is 422 g/mol. The van der Waals surface area contributed by atoms with Gasteiger partial charge in [0, 0.05) is 21.2 Å². The van der Waals surface area contributed by atoms with Crippen LogP contribution in [0.15, 0.2) is 47.6 Å². The van der Waals surface area contributed by atoms with Crippen LogP contribution in [0, 0.1) is 3.57 Å². The third kappa shape index (κ3) is 4.14. The van der Waals surface area contributed by atoms with E-state index in [1.165, 1.54) is 0 Å². The minimum atomic E-state index is -0.0519. The summed E-state index contributed by atoms with van der Waals surface area (Å²) in [5, 5.41) is 3.51. The molecule has 0 fully saturated rings. The standard InChI is InChI=1S/C16H15IN4O2/c1-21(16-13(17)4-3-5-14(16)23-2)15(22)10-11-6-8-12(9-7-11)19-20-18/h3-9H,10H2,1-2H3. The van der Waals surface area contributed by atoms with Gasteiger partial charge < -0.3 is 9.64 Å². The Hall–Kier alpha value is -2.25. The second-order valence-electron chi connectivity index (χ2n) is 4.78. The third-order valence-electron chi connectivity index (χ3n) is 3.33. The SMILES string of the molecule is COc1cccc(I)c1N(C)C(=O)Cc1ccc(N=[N+]=[N-])cc1. The van der Waals surface area contributed by atoms with E-state index in [2.05, 4.69) is 32.6 Å². The normalized spacial score (nSPS) is 9.87. The molecule has 0 saturated carbocycles. The monoisotopic (exact) mass is 422 g/mol. The Kier molecular flexibility index (Phi) is 5.84. The van der Waals surface area contributed by atoms with E-state index in [9.17, 15) is 4.79 Å². The number of ether oxygens (including phenoxy) is 1. The number of azide groups is 1. The van der Waals surface area contributed by atoms with Crippen molar-refractivity contribution in [3.8, 4) is 5.75 Å². The van der Waals surface area contributed by atoms with Crippen LogP contribution in [0.3, 0.4) is 0 Å². The van der Waals surface area contributed by atoms with Gasteiger partial charge in [-0.3, -0.25) is 4.79 Å². The van der Waals surface area contributed by atoms with Gasteiger partial charge in [0.2, 0.25) is 5.91 Å². The fraction of sp³-hybridized carbons (Fsp3) is 0.188. The lowest BCUT2D eigenvalue weighted by atomic mass is 10.1. The van der Waals surface area contributed by atoms with Gasteiger partial charge in [0.05, 0.1) is 19.2 Å². The lowest BCUT2D eigenvalue weighted by molar-refractivity contribution is -0.117. The fourth-order valence-electron chi connectivity index (χ4n) is 2.14. The Morgan fingerprint density at radius 2 is 2.00 bits per heavy atom. The van der Waals surface area contributed by atoms with Crippen molar-refractivity contribution in [2.45, 2.75) is 6.42 Å². The maximum absolute atomic E-state index is 12.5. The van der Waals surface area contributed by atoms with Gasteiger partial charge in [0.1, 0.15) is 5.75 Å². The lowest BCUT2D eigenvalue weighted by Gasteiger charge is -2.21. The van der Waals surface area contributed by atoms with E-state index in [0.29, 0.717) is 11.4 Å². The quantitative estimate of drug-likeness (QED) is 0.309. The number of benzene rings is 2. The molecule has 0 spiro atoms. The highest BCUT2D eigenvalue weighted by atomic mass is 127. The molecule has 0 saturated heterocycles. The van der Waals surface area contributed by atoms with E-state index in [1.54, 1.807) is 43.3 Å². The molecular weight excluding hydrogens is 407 g/mol. The van der Waals surface area contributed by atoms with Crippen LogP contribution >= 0.6 is 22.6 Å². The highest BCUT2D eigenvalue weighted by Gasteiger charge is 2.18. The van der Waals surface area contributed by atoms with Gasteiger partial charge >= 0.3 is 0 Å². The number of carbonyl (C=O) groups is 1. The van der Waals surface area contributed by atoms with Crippen molar-refractivity contribution >= 4 is 39.9 Å². The predicted molar refractivity (Wildman–Crippen MR) is 98.1 cm³/mol. The van der Waals surface area contributed by atoms with Gasteiger partial charge in [0.25, 0.3) is 0 Å². The van der Waals surface area contributed by atoms with E-state index in [4.69, 9.17) is 10.3 Å². The van der Waals surface area contributed by atoms with Gasteiger partial charge in [-0.05, 0) is 45.8 Å². The van der Waals surface area contributed by atoms with Crippen LogP contribution in [0.4, 0.5) is 11.4 Å². The number of nitrogens with zero attached hydrogens (tertiary/aromatic N) is 4. The number of para-hydroxylation sites is 1. The molecule has 6 nitrogen and oxygen atoms in total. The maximum Gasteiger partial charge on any atom is 0.231 e. The highest BCUT2D eigenvalue weighted by Crippen LogP contribution is 2.32. The molecule has 2 aromatic rings. The van der Waals surface area contributed by atoms with Crippen molar-refractivity contribution in [1.29, 1.82) is 0 Å². The molecule has 0 aliphatic carbocycles. The molecule has 1 amide bonds. The molecule has 0 aliphatic rings. The zero-order valence-electron chi connectivity index (χ0n) is 12.7. The van der Waals surface area contributed by atoms with Gasteiger partial charge in [-0.25, -0.2) is 0 Å². The molecule has 0 aromatic heterocycles. The van der Waals surface area contributed by atoms with E-state index < -0.39 is 0 Å². The number of rotatable bonds is 5. The molecule has 0 radical (unpaired) electrons. The molecule has 0 aliphatic heterocycles. The molecular formula is C16H15IN4O2. The van der Waals surface area contributed by atoms with Crippen LogP contribution in [0.1, 0.15) is 5.56 Å². The molecule has 0 bridgehead atoms. The summed E-state index contributed by atoms with van der Waals surface area (Å²) in [5.74, 6) is 0.607. The summed E-state index contributed by atoms with van der Waals surface area (Å²) in [6, 6.07) is 12.6. The fourth-order valence-corrected chi connectivity index (χ4v) is 2.97. The summed E-state index contributed by atoms with van der Waals surface area (Å²) < 4.78 is 6.29. The second kappa shape index (κ2) is 7.85. The van der Waals surface area contributed by atoms with Crippen LogP contribution in [-0.4, -0.2) is 20.1 Å². The minimum absolute atomic E-state index is 0.0519. The second-order valence-corrected chi connectivity index (χ2v) is 5.94. The van der Waals surface area contributed by atoms with Crippen molar-refractivity contribution in [2.75, 3.05) is 19.1 Å². The van der Waals surface area contributed by atoms with Crippen LogP contribution in [-0.2, 0) is 11.2 Å². The van der Waals surface area contributed by atoms with E-state index in [-0.39, 0.29) is 12.3 Å². The summed E-state index contributed by atoms with van der Waals surface area (Å²) in [6.45, 7) is 0. The summed E-state index contributed by atoms with van der Waals surface area (Å²) in [5.41, 5.74) is 10.5. The molecule has 0 N–H and O–H groups in total. The summed E-state index contributed by atoms with van der Waals surface area (Å²) in [4.78, 5) is 16.9. The molecule has 0 heterocycles. The Morgan fingerprint density at radius 3 is 2.61 bits per heavy atom. The van der Waals surface area contributed by atoms with E-state index in [1.807, 2.05) is 18.2 Å². The number of hydrogen-bond donors (Lipinski definition) is 0. The number of carbonyl (C=O) groups excluding carboxylic acids is 1. The maximum atomic E-state index is 12.5. The number of hydrogen-bond acceptors (Lipinski definition) is 3. The molecule has 118 valence electrons. The lowest BCUT2D eigenvalue weighted by Crippen LogP contribution is -2.29. The first kappa shape index (κ1) is 17.1. The van der Waals surface area contributed by atoms with E-state index in [0.717, 1.165) is 14.8 Å². The first-order valence-corrected chi connectivity index (χ1v) is 7.87. The van der Waals surface area contributed by atoms with Gasteiger partial charge in [0.15, 0.2) is 0 Å². The number of methoxy groups -OCH3 is 1. The first-order chi connectivity index (χ1) is 11.1. The third-order valence-corrected chi connectivity index (χ3v) is 4.20. The zero-order chi connectivity index (χ0) is 16.8.